The number of carbonyl (C=O) groups excluding carboxylic acids is 4. The molecule has 0 spiro atoms. The maximum Gasteiger partial charge on any atom is 0.332 e. The Morgan fingerprint density at radius 1 is 1.21 bits per heavy atom. The number of nitrogens with zero attached hydrogens (tertiary/aromatic N) is 1. The van der Waals surface area contributed by atoms with Crippen LogP contribution in [0.5, 0.6) is 5.75 Å². The molecule has 232 valence electrons. The van der Waals surface area contributed by atoms with E-state index in [1.807, 2.05) is 37.3 Å². The number of nitrogen functional groups attached to an aromatic ring is 1. The number of hydrogen-bond acceptors (Lipinski definition) is 9. The van der Waals surface area contributed by atoms with Crippen LogP contribution in [-0.4, -0.2) is 79.5 Å². The van der Waals surface area contributed by atoms with Gasteiger partial charge in [0.05, 0.1) is 32.4 Å². The second-order valence-electron chi connectivity index (χ2n) is 10.8. The van der Waals surface area contributed by atoms with Crippen LogP contribution in [0.2, 0.25) is 0 Å². The average molecular weight is 614 g/mol. The maximum atomic E-state index is 13.5. The van der Waals surface area contributed by atoms with E-state index in [0.29, 0.717) is 31.4 Å². The number of para-hydroxylation sites is 1. The van der Waals surface area contributed by atoms with Gasteiger partial charge in [-0.05, 0) is 51.3 Å². The molecule has 43 heavy (non-hydrogen) atoms. The zero-order valence-electron chi connectivity index (χ0n) is 24.4. The Bertz CT molecular complexity index is 1320. The van der Waals surface area contributed by atoms with Gasteiger partial charge in [0.2, 0.25) is 17.7 Å². The highest BCUT2D eigenvalue weighted by molar-refractivity contribution is 7.10. The molecule has 0 bridgehead atoms. The minimum atomic E-state index is -0.761. The molecule has 1 saturated heterocycles. The Kier molecular flexibility index (Phi) is 10.8. The van der Waals surface area contributed by atoms with Gasteiger partial charge >= 0.3 is 5.97 Å². The van der Waals surface area contributed by atoms with Crippen LogP contribution in [0.4, 0.5) is 0 Å². The van der Waals surface area contributed by atoms with Gasteiger partial charge in [0.15, 0.2) is 0 Å². The van der Waals surface area contributed by atoms with E-state index >= 15 is 0 Å². The normalized spacial score (nSPS) is 20.9. The minimum absolute atomic E-state index is 0.0517. The van der Waals surface area contributed by atoms with Gasteiger partial charge in [0.25, 0.3) is 0 Å². The lowest BCUT2D eigenvalue weighted by molar-refractivity contribution is -0.149. The van der Waals surface area contributed by atoms with Crippen molar-refractivity contribution < 1.29 is 33.4 Å². The van der Waals surface area contributed by atoms with E-state index in [-0.39, 0.29) is 68.4 Å². The van der Waals surface area contributed by atoms with Crippen LogP contribution in [-0.2, 0) is 28.7 Å². The molecule has 1 aromatic heterocycles. The van der Waals surface area contributed by atoms with E-state index in [1.165, 1.54) is 11.3 Å². The highest BCUT2D eigenvalue weighted by atomic mass is 32.1. The number of benzene rings is 1. The molecule has 2 heterocycles. The summed E-state index contributed by atoms with van der Waals surface area (Å²) in [6, 6.07) is 9.70. The van der Waals surface area contributed by atoms with Gasteiger partial charge in [-0.2, -0.15) is 0 Å². The first-order valence-corrected chi connectivity index (χ1v) is 15.2. The van der Waals surface area contributed by atoms with Gasteiger partial charge in [-0.3, -0.25) is 19.8 Å². The second-order valence-corrected chi connectivity index (χ2v) is 11.8. The van der Waals surface area contributed by atoms with Gasteiger partial charge in [-0.1, -0.05) is 18.2 Å². The third kappa shape index (κ3) is 8.32. The molecule has 0 radical (unpaired) electrons. The van der Waals surface area contributed by atoms with Crippen molar-refractivity contribution in [2.24, 2.45) is 11.1 Å². The Morgan fingerprint density at radius 2 is 1.98 bits per heavy atom. The van der Waals surface area contributed by atoms with Crippen molar-refractivity contribution in [3.05, 3.63) is 52.2 Å². The quantitative estimate of drug-likeness (QED) is 0.0964. The van der Waals surface area contributed by atoms with Crippen LogP contribution in [0.15, 0.2) is 41.8 Å². The third-order valence-electron chi connectivity index (χ3n) is 7.64. The Morgan fingerprint density at radius 3 is 2.67 bits per heavy atom. The van der Waals surface area contributed by atoms with Crippen molar-refractivity contribution in [3.8, 4) is 5.75 Å². The molecule has 13 heteroatoms. The number of amides is 3. The summed E-state index contributed by atoms with van der Waals surface area (Å²) in [4.78, 5) is 53.5. The van der Waals surface area contributed by atoms with Crippen molar-refractivity contribution in [3.63, 3.8) is 0 Å². The number of rotatable bonds is 16. The van der Waals surface area contributed by atoms with Crippen molar-refractivity contribution in [2.75, 3.05) is 33.0 Å². The molecular weight excluding hydrogens is 574 g/mol. The number of carbonyl (C=O) groups is 4. The van der Waals surface area contributed by atoms with Crippen molar-refractivity contribution in [2.45, 2.75) is 57.7 Å². The van der Waals surface area contributed by atoms with E-state index in [1.54, 1.807) is 23.3 Å². The van der Waals surface area contributed by atoms with Gasteiger partial charge in [0.1, 0.15) is 24.2 Å². The standard InChI is InChI=1S/C30H39N5O7S/c1-3-41-27(38)16-40-18-30-13-22(29(39)34-19(2)23-12-20(17-43-23)28(31)32)35(24(30)14-30)26(37)15-33-25(36)10-7-11-42-21-8-5-4-6-9-21/h4-6,8-9,12,17,19,22,24H,3,7,10-11,13-16,18H2,1-2H3,(H3,31,32)(H,33,36)(H,34,39)/t19-,22+,24?,30+/m1/s1. The molecule has 1 aliphatic heterocycles. The summed E-state index contributed by atoms with van der Waals surface area (Å²) >= 11 is 1.39. The summed E-state index contributed by atoms with van der Waals surface area (Å²) < 4.78 is 16.2. The fourth-order valence-electron chi connectivity index (χ4n) is 5.36. The lowest BCUT2D eigenvalue weighted by Gasteiger charge is -2.28. The largest absolute Gasteiger partial charge is 0.494 e. The van der Waals surface area contributed by atoms with E-state index < -0.39 is 17.4 Å². The van der Waals surface area contributed by atoms with Gasteiger partial charge in [-0.15, -0.1) is 11.3 Å². The fourth-order valence-corrected chi connectivity index (χ4v) is 6.27. The first-order chi connectivity index (χ1) is 20.6. The van der Waals surface area contributed by atoms with E-state index in [4.69, 9.17) is 25.4 Å². The number of thiophene rings is 1. The first kappa shape index (κ1) is 32.0. The topological polar surface area (TPSA) is 173 Å². The number of amidine groups is 1. The summed E-state index contributed by atoms with van der Waals surface area (Å²) in [5, 5.41) is 15.0. The number of fused-ring (bicyclic) bond motifs is 1. The lowest BCUT2D eigenvalue weighted by Crippen LogP contribution is -2.51. The molecule has 2 fully saturated rings. The molecule has 5 N–H and O–H groups in total. The number of esters is 1. The number of nitrogens with two attached hydrogens (primary N) is 1. The molecule has 2 aromatic rings. The number of likely N-dealkylation sites (tertiary alicyclic amines) is 1. The summed E-state index contributed by atoms with van der Waals surface area (Å²) in [6.07, 6.45) is 1.69. The highest BCUT2D eigenvalue weighted by Gasteiger charge is 2.67. The maximum absolute atomic E-state index is 13.5. The summed E-state index contributed by atoms with van der Waals surface area (Å²) in [5.41, 5.74) is 5.71. The molecule has 12 nitrogen and oxygen atoms in total. The van der Waals surface area contributed by atoms with Crippen LogP contribution in [0.1, 0.15) is 56.0 Å². The minimum Gasteiger partial charge on any atom is -0.494 e. The smallest absolute Gasteiger partial charge is 0.332 e. The lowest BCUT2D eigenvalue weighted by atomic mass is 10.00. The number of ether oxygens (including phenoxy) is 3. The Labute approximate surface area is 254 Å². The van der Waals surface area contributed by atoms with Crippen LogP contribution in [0.25, 0.3) is 0 Å². The average Bonchev–Trinajstić information content (AvgIpc) is 3.31. The third-order valence-corrected chi connectivity index (χ3v) is 8.75. The number of piperidine rings is 1. The summed E-state index contributed by atoms with van der Waals surface area (Å²) in [5.74, 6) is -0.751. The predicted octanol–water partition coefficient (Wildman–Crippen LogP) is 2.12. The van der Waals surface area contributed by atoms with Crippen LogP contribution in [0.3, 0.4) is 0 Å². The zero-order valence-corrected chi connectivity index (χ0v) is 25.2. The highest BCUT2D eigenvalue weighted by Crippen LogP contribution is 2.59. The van der Waals surface area contributed by atoms with Gasteiger partial charge in [0, 0.05) is 33.7 Å². The van der Waals surface area contributed by atoms with Crippen LogP contribution in [0, 0.1) is 10.8 Å². The molecule has 2 aliphatic rings. The fraction of sp³-hybridized carbons (Fsp3) is 0.500. The molecular formula is C30H39N5O7S. The zero-order chi connectivity index (χ0) is 31.0. The van der Waals surface area contributed by atoms with Gasteiger partial charge in [-0.25, -0.2) is 4.79 Å². The SMILES string of the molecule is CCOC(=O)COC[C@]12CC1N(C(=O)CNC(=O)CCCOc1ccccc1)[C@H](C(=O)N[C@H](C)c1cc(C(=N)N)cs1)C2. The van der Waals surface area contributed by atoms with Crippen molar-refractivity contribution in [1.29, 1.82) is 5.41 Å². The monoisotopic (exact) mass is 613 g/mol. The number of hydrogen-bond donors (Lipinski definition) is 4. The van der Waals surface area contributed by atoms with Gasteiger partial charge < -0.3 is 35.5 Å². The predicted molar refractivity (Wildman–Crippen MR) is 160 cm³/mol. The molecule has 1 saturated carbocycles. The Balaban J connectivity index is 1.33. The second kappa shape index (κ2) is 14.5. The van der Waals surface area contributed by atoms with E-state index in [0.717, 1.165) is 10.6 Å². The first-order valence-electron chi connectivity index (χ1n) is 14.4. The van der Waals surface area contributed by atoms with Crippen molar-refractivity contribution >= 4 is 40.9 Å². The van der Waals surface area contributed by atoms with Crippen LogP contribution < -0.4 is 21.1 Å². The molecule has 4 rings (SSSR count). The summed E-state index contributed by atoms with van der Waals surface area (Å²) in [7, 11) is 0. The molecule has 1 unspecified atom stereocenters. The van der Waals surface area contributed by atoms with E-state index in [2.05, 4.69) is 10.6 Å². The number of nitrogens with one attached hydrogen (secondary N) is 3. The Hall–Kier alpha value is -3.97. The van der Waals surface area contributed by atoms with Crippen molar-refractivity contribution in [1.82, 2.24) is 15.5 Å². The molecule has 3 amide bonds. The molecule has 4 atom stereocenters. The molecule has 1 aliphatic carbocycles. The van der Waals surface area contributed by atoms with E-state index in [9.17, 15) is 19.2 Å². The summed E-state index contributed by atoms with van der Waals surface area (Å²) in [6.45, 7) is 3.93. The molecule has 1 aromatic carbocycles. The van der Waals surface area contributed by atoms with Crippen LogP contribution >= 0.6 is 11.3 Å².